The number of rotatable bonds is 3. The molecule has 1 N–H and O–H groups in total. The van der Waals surface area contributed by atoms with E-state index in [0.29, 0.717) is 18.8 Å². The van der Waals surface area contributed by atoms with E-state index in [1.165, 1.54) is 0 Å². The molecule has 0 spiro atoms. The number of nitrogens with zero attached hydrogens (tertiary/aromatic N) is 2. The predicted octanol–water partition coefficient (Wildman–Crippen LogP) is 0.794. The predicted molar refractivity (Wildman–Crippen MR) is 78.9 cm³/mol. The Bertz CT molecular complexity index is 621. The molecule has 21 heavy (non-hydrogen) atoms. The van der Waals surface area contributed by atoms with Crippen LogP contribution in [0.25, 0.3) is 0 Å². The van der Waals surface area contributed by atoms with Gasteiger partial charge in [0.05, 0.1) is 6.54 Å². The molecule has 1 aromatic rings. The molecule has 3 heterocycles. The van der Waals surface area contributed by atoms with Crippen LogP contribution in [0.1, 0.15) is 32.4 Å². The summed E-state index contributed by atoms with van der Waals surface area (Å²) in [5, 5.41) is 1.72. The summed E-state index contributed by atoms with van der Waals surface area (Å²) >= 11 is 1.08. The third-order valence-corrected chi connectivity index (χ3v) is 4.95. The Labute approximate surface area is 126 Å². The third-order valence-electron chi connectivity index (χ3n) is 4.24. The largest absolute Gasteiger partial charge is 0.329 e. The Kier molecular flexibility index (Phi) is 3.61. The van der Waals surface area contributed by atoms with Gasteiger partial charge in [-0.05, 0) is 18.8 Å². The van der Waals surface area contributed by atoms with Crippen LogP contribution >= 0.6 is 11.3 Å². The van der Waals surface area contributed by atoms with E-state index in [4.69, 9.17) is 0 Å². The molecule has 2 aliphatic heterocycles. The number of hydrogen-bond acceptors (Lipinski definition) is 4. The molecule has 114 valence electrons. The highest BCUT2D eigenvalue weighted by Crippen LogP contribution is 2.30. The number of nitrogens with one attached hydrogen (secondary N) is 1. The number of hydrogen-bond donors (Lipinski definition) is 1. The van der Waals surface area contributed by atoms with Crippen LogP contribution in [-0.4, -0.2) is 45.2 Å². The summed E-state index contributed by atoms with van der Waals surface area (Å²) in [5.41, 5.74) is 0.697. The van der Waals surface area contributed by atoms with Gasteiger partial charge in [-0.15, -0.1) is 0 Å². The van der Waals surface area contributed by atoms with Gasteiger partial charge in [0, 0.05) is 17.6 Å². The molecular weight excluding hydrogens is 290 g/mol. The Balaban J connectivity index is 1.92. The first-order chi connectivity index (χ1) is 9.99. The van der Waals surface area contributed by atoms with Gasteiger partial charge in [0.1, 0.15) is 12.1 Å². The Hall–Kier alpha value is -1.63. The van der Waals surface area contributed by atoms with E-state index >= 15 is 0 Å². The summed E-state index contributed by atoms with van der Waals surface area (Å²) in [6.07, 6.45) is 1.63. The molecule has 0 bridgehead atoms. The van der Waals surface area contributed by atoms with E-state index in [2.05, 4.69) is 4.98 Å². The third kappa shape index (κ3) is 2.39. The molecule has 2 amide bonds. The van der Waals surface area contributed by atoms with E-state index in [9.17, 15) is 14.4 Å². The van der Waals surface area contributed by atoms with Gasteiger partial charge in [-0.2, -0.15) is 0 Å². The number of carbonyl (C=O) groups is 2. The minimum absolute atomic E-state index is 0.0119. The molecule has 7 heteroatoms. The number of thiazole rings is 1. The Morgan fingerprint density at radius 2 is 2.10 bits per heavy atom. The molecular formula is C14H19N3O3S. The van der Waals surface area contributed by atoms with Crippen molar-refractivity contribution in [3.05, 3.63) is 20.7 Å². The molecule has 1 aromatic heterocycles. The van der Waals surface area contributed by atoms with E-state index in [-0.39, 0.29) is 28.6 Å². The molecule has 3 rings (SSSR count). The van der Waals surface area contributed by atoms with E-state index in [1.807, 2.05) is 13.8 Å². The zero-order valence-electron chi connectivity index (χ0n) is 12.2. The maximum atomic E-state index is 12.7. The first kappa shape index (κ1) is 14.3. The van der Waals surface area contributed by atoms with Gasteiger partial charge < -0.3 is 14.8 Å². The SMILES string of the molecule is CC(C)C1C(=O)N2CCCC2C(=O)N1Cc1csc(=O)[nH]1. The lowest BCUT2D eigenvalue weighted by atomic mass is 9.96. The summed E-state index contributed by atoms with van der Waals surface area (Å²) in [6, 6.07) is -0.742. The fourth-order valence-corrected chi connectivity index (χ4v) is 3.89. The smallest absolute Gasteiger partial charge is 0.304 e. The maximum Gasteiger partial charge on any atom is 0.304 e. The molecule has 0 aliphatic carbocycles. The van der Waals surface area contributed by atoms with E-state index in [1.54, 1.807) is 15.2 Å². The van der Waals surface area contributed by atoms with Crippen LogP contribution in [0, 0.1) is 5.92 Å². The summed E-state index contributed by atoms with van der Waals surface area (Å²) in [4.78, 5) is 42.6. The van der Waals surface area contributed by atoms with Crippen molar-refractivity contribution in [3.63, 3.8) is 0 Å². The lowest BCUT2D eigenvalue weighted by Crippen LogP contribution is -2.63. The Morgan fingerprint density at radius 3 is 2.71 bits per heavy atom. The summed E-state index contributed by atoms with van der Waals surface area (Å²) in [5.74, 6) is 0.107. The van der Waals surface area contributed by atoms with Crippen molar-refractivity contribution in [3.8, 4) is 0 Å². The van der Waals surface area contributed by atoms with E-state index < -0.39 is 6.04 Å². The van der Waals surface area contributed by atoms with Gasteiger partial charge in [-0.3, -0.25) is 14.4 Å². The van der Waals surface area contributed by atoms with Gasteiger partial charge in [0.25, 0.3) is 0 Å². The van der Waals surface area contributed by atoms with Gasteiger partial charge in [-0.1, -0.05) is 25.2 Å². The molecule has 0 radical (unpaired) electrons. The fraction of sp³-hybridized carbons (Fsp3) is 0.643. The number of H-pyrrole nitrogens is 1. The van der Waals surface area contributed by atoms with Crippen LogP contribution in [-0.2, 0) is 16.1 Å². The molecule has 0 saturated carbocycles. The standard InChI is InChI=1S/C14H19N3O3S/c1-8(2)11-13(19)16-5-3-4-10(16)12(18)17(11)6-9-7-21-14(20)15-9/h7-8,10-11H,3-6H2,1-2H3,(H,15,20). The average molecular weight is 309 g/mol. The van der Waals surface area contributed by atoms with Crippen molar-refractivity contribution in [2.45, 2.75) is 45.3 Å². The minimum atomic E-state index is -0.435. The number of piperazine rings is 1. The number of aromatic amines is 1. The van der Waals surface area contributed by atoms with Crippen LogP contribution in [0.2, 0.25) is 0 Å². The van der Waals surface area contributed by atoms with Crippen molar-refractivity contribution in [1.82, 2.24) is 14.8 Å². The van der Waals surface area contributed by atoms with Crippen LogP contribution in [0.15, 0.2) is 10.2 Å². The van der Waals surface area contributed by atoms with Crippen molar-refractivity contribution in [2.24, 2.45) is 5.92 Å². The minimum Gasteiger partial charge on any atom is -0.329 e. The fourth-order valence-electron chi connectivity index (χ4n) is 3.32. The highest BCUT2D eigenvalue weighted by atomic mass is 32.1. The van der Waals surface area contributed by atoms with Crippen molar-refractivity contribution in [1.29, 1.82) is 0 Å². The molecule has 6 nitrogen and oxygen atoms in total. The molecule has 2 aliphatic rings. The van der Waals surface area contributed by atoms with Gasteiger partial charge in [0.15, 0.2) is 0 Å². The summed E-state index contributed by atoms with van der Waals surface area (Å²) < 4.78 is 0. The van der Waals surface area contributed by atoms with Gasteiger partial charge in [-0.25, -0.2) is 0 Å². The molecule has 2 fully saturated rings. The normalized spacial score (nSPS) is 25.9. The average Bonchev–Trinajstić information content (AvgIpc) is 3.04. The van der Waals surface area contributed by atoms with Crippen LogP contribution < -0.4 is 4.87 Å². The first-order valence-electron chi connectivity index (χ1n) is 7.26. The number of carbonyl (C=O) groups excluding carboxylic acids is 2. The van der Waals surface area contributed by atoms with Crippen LogP contribution in [0.3, 0.4) is 0 Å². The second kappa shape index (κ2) is 5.29. The van der Waals surface area contributed by atoms with E-state index in [0.717, 1.165) is 24.2 Å². The molecule has 2 atom stereocenters. The summed E-state index contributed by atoms with van der Waals surface area (Å²) in [6.45, 7) is 4.89. The molecule has 2 saturated heterocycles. The highest BCUT2D eigenvalue weighted by Gasteiger charge is 2.48. The first-order valence-corrected chi connectivity index (χ1v) is 8.14. The monoisotopic (exact) mass is 309 g/mol. The van der Waals surface area contributed by atoms with Crippen molar-refractivity contribution >= 4 is 23.2 Å². The molecule has 0 aromatic carbocycles. The second-order valence-electron chi connectivity index (χ2n) is 6.02. The maximum absolute atomic E-state index is 12.7. The number of amides is 2. The highest BCUT2D eigenvalue weighted by molar-refractivity contribution is 7.07. The second-order valence-corrected chi connectivity index (χ2v) is 6.86. The van der Waals surface area contributed by atoms with Crippen molar-refractivity contribution < 1.29 is 9.59 Å². The van der Waals surface area contributed by atoms with Crippen LogP contribution in [0.4, 0.5) is 0 Å². The van der Waals surface area contributed by atoms with Crippen LogP contribution in [0.5, 0.6) is 0 Å². The lowest BCUT2D eigenvalue weighted by molar-refractivity contribution is -0.162. The van der Waals surface area contributed by atoms with Gasteiger partial charge >= 0.3 is 4.87 Å². The quantitative estimate of drug-likeness (QED) is 0.897. The Morgan fingerprint density at radius 1 is 1.33 bits per heavy atom. The topological polar surface area (TPSA) is 73.5 Å². The molecule has 2 unspecified atom stereocenters. The zero-order chi connectivity index (χ0) is 15.1. The zero-order valence-corrected chi connectivity index (χ0v) is 13.0. The number of aromatic nitrogens is 1. The van der Waals surface area contributed by atoms with Crippen molar-refractivity contribution in [2.75, 3.05) is 6.54 Å². The van der Waals surface area contributed by atoms with Gasteiger partial charge in [0.2, 0.25) is 11.8 Å². The summed E-state index contributed by atoms with van der Waals surface area (Å²) in [7, 11) is 0. The lowest BCUT2D eigenvalue weighted by Gasteiger charge is -2.43. The number of fused-ring (bicyclic) bond motifs is 1.